The smallest absolute Gasteiger partial charge is 0.310 e. The first-order chi connectivity index (χ1) is 7.13. The molecule has 1 aliphatic rings. The van der Waals surface area contributed by atoms with E-state index in [4.69, 9.17) is 0 Å². The standard InChI is InChI=1S/C10H18N2O3/c1-8(13)11-4-6-12-5-3-9(7-12)10(14)15-2/h9H,3-7H2,1-2H3,(H,11,13). The van der Waals surface area contributed by atoms with Crippen molar-refractivity contribution in [2.45, 2.75) is 13.3 Å². The Morgan fingerprint density at radius 1 is 1.53 bits per heavy atom. The predicted octanol–water partition coefficient (Wildman–Crippen LogP) is -0.383. The first-order valence-corrected chi connectivity index (χ1v) is 5.18. The van der Waals surface area contributed by atoms with E-state index in [9.17, 15) is 9.59 Å². The van der Waals surface area contributed by atoms with Crippen molar-refractivity contribution in [3.05, 3.63) is 0 Å². The van der Waals surface area contributed by atoms with E-state index in [1.54, 1.807) is 0 Å². The van der Waals surface area contributed by atoms with Gasteiger partial charge in [-0.1, -0.05) is 0 Å². The second kappa shape index (κ2) is 5.70. The molecule has 1 unspecified atom stereocenters. The van der Waals surface area contributed by atoms with Crippen LogP contribution in [0.3, 0.4) is 0 Å². The number of likely N-dealkylation sites (tertiary alicyclic amines) is 1. The summed E-state index contributed by atoms with van der Waals surface area (Å²) >= 11 is 0. The third-order valence-electron chi connectivity index (χ3n) is 2.61. The molecule has 0 spiro atoms. The van der Waals surface area contributed by atoms with Crippen molar-refractivity contribution in [2.24, 2.45) is 5.92 Å². The highest BCUT2D eigenvalue weighted by Crippen LogP contribution is 2.16. The van der Waals surface area contributed by atoms with Gasteiger partial charge in [0, 0.05) is 26.6 Å². The van der Waals surface area contributed by atoms with E-state index < -0.39 is 0 Å². The van der Waals surface area contributed by atoms with E-state index in [2.05, 4.69) is 15.0 Å². The van der Waals surface area contributed by atoms with Crippen LogP contribution in [0.25, 0.3) is 0 Å². The van der Waals surface area contributed by atoms with Crippen molar-refractivity contribution in [1.29, 1.82) is 0 Å². The number of amides is 1. The molecule has 0 aromatic heterocycles. The maximum Gasteiger partial charge on any atom is 0.310 e. The van der Waals surface area contributed by atoms with Gasteiger partial charge in [0.2, 0.25) is 5.91 Å². The van der Waals surface area contributed by atoms with Gasteiger partial charge >= 0.3 is 5.97 Å². The fourth-order valence-corrected chi connectivity index (χ4v) is 1.78. The number of esters is 1. The van der Waals surface area contributed by atoms with Gasteiger partial charge < -0.3 is 15.0 Å². The van der Waals surface area contributed by atoms with Gasteiger partial charge in [0.1, 0.15) is 0 Å². The Labute approximate surface area is 89.8 Å². The summed E-state index contributed by atoms with van der Waals surface area (Å²) in [6, 6.07) is 0. The van der Waals surface area contributed by atoms with Crippen LogP contribution in [0.5, 0.6) is 0 Å². The molecule has 1 amide bonds. The number of nitrogens with one attached hydrogen (secondary N) is 1. The summed E-state index contributed by atoms with van der Waals surface area (Å²) in [5, 5.41) is 2.73. The molecule has 1 rings (SSSR count). The van der Waals surface area contributed by atoms with Gasteiger partial charge in [-0.2, -0.15) is 0 Å². The highest BCUT2D eigenvalue weighted by atomic mass is 16.5. The summed E-state index contributed by atoms with van der Waals surface area (Å²) in [6.07, 6.45) is 0.854. The molecule has 1 atom stereocenters. The van der Waals surface area contributed by atoms with E-state index in [0.29, 0.717) is 6.54 Å². The SMILES string of the molecule is COC(=O)C1CCN(CCNC(C)=O)C1. The zero-order valence-corrected chi connectivity index (χ0v) is 9.28. The Morgan fingerprint density at radius 2 is 2.27 bits per heavy atom. The molecule has 1 N–H and O–H groups in total. The molecule has 86 valence electrons. The fourth-order valence-electron chi connectivity index (χ4n) is 1.78. The number of rotatable bonds is 4. The van der Waals surface area contributed by atoms with Crippen LogP contribution in [-0.4, -0.2) is 50.1 Å². The molecule has 0 radical (unpaired) electrons. The van der Waals surface area contributed by atoms with Crippen LogP contribution in [0.15, 0.2) is 0 Å². The number of hydrogen-bond acceptors (Lipinski definition) is 4. The van der Waals surface area contributed by atoms with Crippen LogP contribution in [-0.2, 0) is 14.3 Å². The van der Waals surface area contributed by atoms with Crippen LogP contribution < -0.4 is 5.32 Å². The third-order valence-corrected chi connectivity index (χ3v) is 2.61. The second-order valence-electron chi connectivity index (χ2n) is 3.79. The number of ether oxygens (including phenoxy) is 1. The highest BCUT2D eigenvalue weighted by molar-refractivity contribution is 5.73. The molecule has 0 aliphatic carbocycles. The number of hydrogen-bond donors (Lipinski definition) is 1. The van der Waals surface area contributed by atoms with E-state index in [0.717, 1.165) is 26.1 Å². The van der Waals surface area contributed by atoms with Gasteiger partial charge in [-0.15, -0.1) is 0 Å². The van der Waals surface area contributed by atoms with Crippen LogP contribution in [0, 0.1) is 5.92 Å². The number of carbonyl (C=O) groups excluding carboxylic acids is 2. The molecule has 1 aliphatic heterocycles. The lowest BCUT2D eigenvalue weighted by Crippen LogP contribution is -2.33. The lowest BCUT2D eigenvalue weighted by Gasteiger charge is -2.15. The topological polar surface area (TPSA) is 58.6 Å². The Kier molecular flexibility index (Phi) is 4.55. The van der Waals surface area contributed by atoms with Gasteiger partial charge in [-0.25, -0.2) is 0 Å². The summed E-state index contributed by atoms with van der Waals surface area (Å²) in [6.45, 7) is 4.59. The number of methoxy groups -OCH3 is 1. The molecule has 0 saturated carbocycles. The average molecular weight is 214 g/mol. The molecule has 1 saturated heterocycles. The molecule has 1 heterocycles. The second-order valence-corrected chi connectivity index (χ2v) is 3.79. The average Bonchev–Trinajstić information content (AvgIpc) is 2.65. The molecule has 5 nitrogen and oxygen atoms in total. The summed E-state index contributed by atoms with van der Waals surface area (Å²) in [7, 11) is 1.42. The summed E-state index contributed by atoms with van der Waals surface area (Å²) < 4.78 is 4.69. The highest BCUT2D eigenvalue weighted by Gasteiger charge is 2.28. The zero-order valence-electron chi connectivity index (χ0n) is 9.28. The Bertz CT molecular complexity index is 243. The van der Waals surface area contributed by atoms with Crippen molar-refractivity contribution in [3.8, 4) is 0 Å². The van der Waals surface area contributed by atoms with Gasteiger partial charge in [0.05, 0.1) is 13.0 Å². The lowest BCUT2D eigenvalue weighted by atomic mass is 10.1. The largest absolute Gasteiger partial charge is 0.469 e. The first kappa shape index (κ1) is 12.0. The van der Waals surface area contributed by atoms with E-state index in [1.165, 1.54) is 14.0 Å². The fraction of sp³-hybridized carbons (Fsp3) is 0.800. The maximum atomic E-state index is 11.2. The molecule has 0 aromatic carbocycles. The number of carbonyl (C=O) groups is 2. The molecule has 15 heavy (non-hydrogen) atoms. The molecular formula is C10H18N2O3. The normalized spacial score (nSPS) is 21.3. The Balaban J connectivity index is 2.19. The van der Waals surface area contributed by atoms with Crippen LogP contribution in [0.1, 0.15) is 13.3 Å². The van der Waals surface area contributed by atoms with Crippen LogP contribution in [0.4, 0.5) is 0 Å². The van der Waals surface area contributed by atoms with Gasteiger partial charge in [-0.3, -0.25) is 9.59 Å². The van der Waals surface area contributed by atoms with E-state index in [-0.39, 0.29) is 17.8 Å². The summed E-state index contributed by atoms with van der Waals surface area (Å²) in [5.74, 6) is -0.136. The Hall–Kier alpha value is -1.10. The zero-order chi connectivity index (χ0) is 11.3. The van der Waals surface area contributed by atoms with Crippen molar-refractivity contribution in [1.82, 2.24) is 10.2 Å². The molecule has 5 heteroatoms. The molecule has 1 fully saturated rings. The monoisotopic (exact) mass is 214 g/mol. The van der Waals surface area contributed by atoms with Gasteiger partial charge in [0.15, 0.2) is 0 Å². The van der Waals surface area contributed by atoms with E-state index >= 15 is 0 Å². The predicted molar refractivity (Wildman–Crippen MR) is 55.2 cm³/mol. The first-order valence-electron chi connectivity index (χ1n) is 5.18. The van der Waals surface area contributed by atoms with Gasteiger partial charge in [-0.05, 0) is 13.0 Å². The van der Waals surface area contributed by atoms with Crippen LogP contribution >= 0.6 is 0 Å². The molecular weight excluding hydrogens is 196 g/mol. The Morgan fingerprint density at radius 3 is 2.87 bits per heavy atom. The van der Waals surface area contributed by atoms with Crippen molar-refractivity contribution >= 4 is 11.9 Å². The molecule has 0 bridgehead atoms. The van der Waals surface area contributed by atoms with Crippen LogP contribution in [0.2, 0.25) is 0 Å². The van der Waals surface area contributed by atoms with Crippen molar-refractivity contribution < 1.29 is 14.3 Å². The minimum atomic E-state index is -0.128. The van der Waals surface area contributed by atoms with Crippen molar-refractivity contribution in [2.75, 3.05) is 33.3 Å². The minimum absolute atomic E-state index is 0.00679. The molecule has 0 aromatic rings. The summed E-state index contributed by atoms with van der Waals surface area (Å²) in [5.41, 5.74) is 0. The summed E-state index contributed by atoms with van der Waals surface area (Å²) in [4.78, 5) is 24.0. The number of nitrogens with zero attached hydrogens (tertiary/aromatic N) is 1. The maximum absolute atomic E-state index is 11.2. The lowest BCUT2D eigenvalue weighted by molar-refractivity contribution is -0.145. The van der Waals surface area contributed by atoms with Gasteiger partial charge in [0.25, 0.3) is 0 Å². The minimum Gasteiger partial charge on any atom is -0.469 e. The quantitative estimate of drug-likeness (QED) is 0.648. The third kappa shape index (κ3) is 3.87. The van der Waals surface area contributed by atoms with E-state index in [1.807, 2.05) is 0 Å². The van der Waals surface area contributed by atoms with Crippen molar-refractivity contribution in [3.63, 3.8) is 0 Å².